The first-order chi connectivity index (χ1) is 15.6. The lowest BCUT2D eigenvalue weighted by Crippen LogP contribution is -2.51. The van der Waals surface area contributed by atoms with Gasteiger partial charge in [0, 0.05) is 30.6 Å². The summed E-state index contributed by atoms with van der Waals surface area (Å²) in [5.74, 6) is 0.999. The summed E-state index contributed by atoms with van der Waals surface area (Å²) >= 11 is 0. The van der Waals surface area contributed by atoms with Crippen molar-refractivity contribution in [2.45, 2.75) is 63.4 Å². The molecule has 6 aliphatic rings. The molecule has 2 saturated carbocycles. The third-order valence-electron chi connectivity index (χ3n) is 9.68. The number of ether oxygens (including phenoxy) is 4. The topological polar surface area (TPSA) is 36.9 Å². The molecule has 4 atom stereocenters. The summed E-state index contributed by atoms with van der Waals surface area (Å²) in [5.41, 5.74) is 6.26. The van der Waals surface area contributed by atoms with Crippen LogP contribution < -0.4 is 0 Å². The Kier molecular flexibility index (Phi) is 4.38. The molecule has 2 spiro atoms. The van der Waals surface area contributed by atoms with Gasteiger partial charge in [-0.25, -0.2) is 0 Å². The number of hydrogen-bond donors (Lipinski definition) is 0. The molecule has 2 saturated heterocycles. The van der Waals surface area contributed by atoms with E-state index in [1.165, 1.54) is 12.0 Å². The molecule has 7 rings (SSSR count). The van der Waals surface area contributed by atoms with Crippen LogP contribution in [0.1, 0.15) is 57.4 Å². The molecule has 0 radical (unpaired) electrons. The van der Waals surface area contributed by atoms with Crippen molar-refractivity contribution < 1.29 is 18.9 Å². The van der Waals surface area contributed by atoms with Gasteiger partial charge < -0.3 is 18.9 Å². The van der Waals surface area contributed by atoms with Crippen LogP contribution in [-0.4, -0.2) is 38.0 Å². The molecule has 4 aliphatic carbocycles. The minimum absolute atomic E-state index is 0.0295. The van der Waals surface area contributed by atoms with Gasteiger partial charge in [-0.1, -0.05) is 54.5 Å². The molecule has 170 valence electrons. The zero-order chi connectivity index (χ0) is 21.4. The molecule has 4 nitrogen and oxygen atoms in total. The van der Waals surface area contributed by atoms with Gasteiger partial charge in [-0.3, -0.25) is 0 Å². The Balaban J connectivity index is 1.35. The summed E-state index contributed by atoms with van der Waals surface area (Å²) in [7, 11) is 0. The summed E-state index contributed by atoms with van der Waals surface area (Å²) in [5, 5.41) is 0. The van der Waals surface area contributed by atoms with E-state index in [0.29, 0.717) is 17.8 Å². The van der Waals surface area contributed by atoms with Gasteiger partial charge in [0.1, 0.15) is 0 Å². The zero-order valence-electron chi connectivity index (χ0n) is 19.1. The van der Waals surface area contributed by atoms with Gasteiger partial charge in [0.05, 0.1) is 26.4 Å². The molecule has 4 fully saturated rings. The lowest BCUT2D eigenvalue weighted by atomic mass is 9.54. The summed E-state index contributed by atoms with van der Waals surface area (Å²) in [4.78, 5) is 0. The van der Waals surface area contributed by atoms with Gasteiger partial charge in [0.15, 0.2) is 11.6 Å². The zero-order valence-corrected chi connectivity index (χ0v) is 19.1. The van der Waals surface area contributed by atoms with Crippen LogP contribution in [-0.2, 0) is 18.9 Å². The van der Waals surface area contributed by atoms with Gasteiger partial charge in [-0.2, -0.15) is 0 Å². The van der Waals surface area contributed by atoms with Gasteiger partial charge in [0.2, 0.25) is 0 Å². The van der Waals surface area contributed by atoms with Gasteiger partial charge >= 0.3 is 0 Å². The fourth-order valence-corrected chi connectivity index (χ4v) is 8.31. The van der Waals surface area contributed by atoms with Gasteiger partial charge in [0.25, 0.3) is 0 Å². The molecule has 0 amide bonds. The van der Waals surface area contributed by atoms with Crippen LogP contribution in [0.4, 0.5) is 0 Å². The molecule has 1 aromatic carbocycles. The molecule has 0 unspecified atom stereocenters. The third-order valence-corrected chi connectivity index (χ3v) is 9.68. The van der Waals surface area contributed by atoms with E-state index in [1.54, 1.807) is 16.7 Å². The van der Waals surface area contributed by atoms with E-state index in [-0.39, 0.29) is 11.2 Å². The molecule has 4 heteroatoms. The number of allylic oxidation sites excluding steroid dienone is 3. The van der Waals surface area contributed by atoms with Crippen molar-refractivity contribution in [2.24, 2.45) is 23.2 Å². The Morgan fingerprint density at radius 3 is 2.38 bits per heavy atom. The lowest BCUT2D eigenvalue weighted by Gasteiger charge is -2.53. The number of hydrogen-bond acceptors (Lipinski definition) is 4. The van der Waals surface area contributed by atoms with Crippen molar-refractivity contribution in [2.75, 3.05) is 26.4 Å². The Hall–Kier alpha value is -1.46. The number of fused-ring (bicyclic) bond motifs is 6. The molecule has 0 N–H and O–H groups in total. The monoisotopic (exact) mass is 434 g/mol. The van der Waals surface area contributed by atoms with Crippen LogP contribution in [0.2, 0.25) is 0 Å². The fraction of sp³-hybridized carbons (Fsp3) is 0.643. The van der Waals surface area contributed by atoms with Crippen LogP contribution in [0.25, 0.3) is 5.57 Å². The maximum Gasteiger partial charge on any atom is 0.174 e. The average molecular weight is 435 g/mol. The highest BCUT2D eigenvalue weighted by Crippen LogP contribution is 2.67. The van der Waals surface area contributed by atoms with E-state index >= 15 is 0 Å². The Morgan fingerprint density at radius 1 is 0.844 bits per heavy atom. The van der Waals surface area contributed by atoms with E-state index in [4.69, 9.17) is 18.9 Å². The van der Waals surface area contributed by atoms with Crippen molar-refractivity contribution in [3.8, 4) is 0 Å². The molecule has 0 bridgehead atoms. The Labute approximate surface area is 191 Å². The second-order valence-electron chi connectivity index (χ2n) is 11.0. The first-order valence-corrected chi connectivity index (χ1v) is 12.7. The molecule has 0 aromatic heterocycles. The Bertz CT molecular complexity index is 966. The van der Waals surface area contributed by atoms with Gasteiger partial charge in [-0.15, -0.1) is 0 Å². The lowest BCUT2D eigenvalue weighted by molar-refractivity contribution is -0.226. The maximum absolute atomic E-state index is 6.41. The first-order valence-electron chi connectivity index (χ1n) is 12.7. The molecule has 32 heavy (non-hydrogen) atoms. The second kappa shape index (κ2) is 7.02. The quantitative estimate of drug-likeness (QED) is 0.548. The highest BCUT2D eigenvalue weighted by Gasteiger charge is 2.65. The van der Waals surface area contributed by atoms with Crippen molar-refractivity contribution >= 4 is 5.57 Å². The molecule has 1 aromatic rings. The predicted octanol–water partition coefficient (Wildman–Crippen LogP) is 5.49. The highest BCUT2D eigenvalue weighted by molar-refractivity contribution is 5.73. The number of rotatable bonds is 1. The summed E-state index contributed by atoms with van der Waals surface area (Å²) in [6.45, 7) is 5.41. The van der Waals surface area contributed by atoms with Crippen LogP contribution >= 0.6 is 0 Å². The fourth-order valence-electron chi connectivity index (χ4n) is 8.31. The minimum Gasteiger partial charge on any atom is -0.347 e. The van der Waals surface area contributed by atoms with E-state index in [9.17, 15) is 0 Å². The van der Waals surface area contributed by atoms with Crippen molar-refractivity contribution in [1.29, 1.82) is 0 Å². The van der Waals surface area contributed by atoms with Crippen LogP contribution in [0.3, 0.4) is 0 Å². The summed E-state index contributed by atoms with van der Waals surface area (Å²) < 4.78 is 25.1. The highest BCUT2D eigenvalue weighted by atomic mass is 16.7. The van der Waals surface area contributed by atoms with Crippen molar-refractivity contribution in [1.82, 2.24) is 0 Å². The van der Waals surface area contributed by atoms with E-state index in [2.05, 4.69) is 43.3 Å². The standard InChI is InChI=1S/C28H34O4/c1-26-18-23(19-5-3-2-4-6-19)25-21-9-11-27(29-13-14-30-27)17-20(21)7-8-22(25)24(26)10-12-28(26)31-15-16-32-28/h2-7,21-22,24H,8-18H2,1H3/t21-,22-,24-,26-/m0/s1. The molecular weight excluding hydrogens is 400 g/mol. The summed E-state index contributed by atoms with van der Waals surface area (Å²) in [6, 6.07) is 11.1. The minimum atomic E-state index is -0.393. The van der Waals surface area contributed by atoms with Crippen LogP contribution in [0, 0.1) is 23.2 Å². The first kappa shape index (κ1) is 20.0. The van der Waals surface area contributed by atoms with E-state index < -0.39 is 5.79 Å². The van der Waals surface area contributed by atoms with Gasteiger partial charge in [-0.05, 0) is 48.7 Å². The number of benzene rings is 1. The maximum atomic E-state index is 6.41. The van der Waals surface area contributed by atoms with E-state index in [1.807, 2.05) is 0 Å². The molecular formula is C28H34O4. The Morgan fingerprint density at radius 2 is 1.59 bits per heavy atom. The van der Waals surface area contributed by atoms with Crippen molar-refractivity contribution in [3.05, 3.63) is 53.1 Å². The van der Waals surface area contributed by atoms with E-state index in [0.717, 1.165) is 65.0 Å². The van der Waals surface area contributed by atoms with Crippen LogP contribution in [0.15, 0.2) is 47.6 Å². The SMILES string of the molecule is C[C@]12CC(c3ccccc3)=C3[C@H]4CCC5(CC4=CC[C@H]3[C@@H]1CCC21OCCO1)OCCO5. The second-order valence-corrected chi connectivity index (χ2v) is 11.0. The van der Waals surface area contributed by atoms with Crippen LogP contribution in [0.5, 0.6) is 0 Å². The normalized spacial score (nSPS) is 39.2. The smallest absolute Gasteiger partial charge is 0.174 e. The molecule has 2 heterocycles. The molecule has 2 aliphatic heterocycles. The average Bonchev–Trinajstić information content (AvgIpc) is 3.55. The predicted molar refractivity (Wildman–Crippen MR) is 122 cm³/mol. The third kappa shape index (κ3) is 2.64. The summed E-state index contributed by atoms with van der Waals surface area (Å²) in [6.07, 6.45) is 10.1. The largest absolute Gasteiger partial charge is 0.347 e. The van der Waals surface area contributed by atoms with Crippen molar-refractivity contribution in [3.63, 3.8) is 0 Å².